The molecule has 2 aromatic rings. The maximum absolute atomic E-state index is 12.3. The predicted octanol–water partition coefficient (Wildman–Crippen LogP) is -2.26. The lowest BCUT2D eigenvalue weighted by Crippen LogP contribution is -2.64. The summed E-state index contributed by atoms with van der Waals surface area (Å²) < 4.78 is 26.4. The average Bonchev–Trinajstić information content (AvgIpc) is 2.96. The molecule has 0 aromatic heterocycles. The molecule has 2 aromatic carbocycles. The lowest BCUT2D eigenvalue weighted by molar-refractivity contribution is -0.376. The van der Waals surface area contributed by atoms with Crippen molar-refractivity contribution in [2.75, 3.05) is 13.2 Å². The second-order valence-electron chi connectivity index (χ2n) is 9.40. The van der Waals surface area contributed by atoms with Crippen molar-refractivity contribution in [3.05, 3.63) is 59.7 Å². The van der Waals surface area contributed by atoms with Crippen molar-refractivity contribution in [3.63, 3.8) is 0 Å². The lowest BCUT2D eigenvalue weighted by Gasteiger charge is -2.44. The van der Waals surface area contributed by atoms with E-state index >= 15 is 0 Å². The van der Waals surface area contributed by atoms with Crippen LogP contribution in [-0.4, -0.2) is 127 Å². The second kappa shape index (κ2) is 13.1. The molecule has 0 bridgehead atoms. The van der Waals surface area contributed by atoms with Crippen LogP contribution in [0.1, 0.15) is 20.7 Å². The number of benzene rings is 2. The molecule has 4 rings (SSSR count). The third kappa shape index (κ3) is 6.75. The monoisotopic (exact) mass is 582 g/mol. The van der Waals surface area contributed by atoms with E-state index in [4.69, 9.17) is 23.7 Å². The molecule has 0 unspecified atom stereocenters. The molecule has 2 aliphatic rings. The Bertz CT molecular complexity index is 1120. The molecule has 0 radical (unpaired) electrons. The molecule has 0 spiro atoms. The molecule has 2 aliphatic heterocycles. The van der Waals surface area contributed by atoms with Crippen molar-refractivity contribution >= 4 is 11.9 Å². The Balaban J connectivity index is 1.39. The van der Waals surface area contributed by atoms with E-state index in [0.717, 1.165) is 0 Å². The van der Waals surface area contributed by atoms with Crippen LogP contribution in [0.3, 0.4) is 0 Å². The summed E-state index contributed by atoms with van der Waals surface area (Å²) in [5, 5.41) is 81.7. The topological polar surface area (TPSA) is 242 Å². The minimum Gasteiger partial charge on any atom is -0.507 e. The first-order valence-corrected chi connectivity index (χ1v) is 12.4. The number of phenols is 2. The summed E-state index contributed by atoms with van der Waals surface area (Å²) in [6.07, 6.45) is -17.6. The fourth-order valence-electron chi connectivity index (χ4n) is 4.23. The normalized spacial score (nSPS) is 33.6. The van der Waals surface area contributed by atoms with Gasteiger partial charge in [-0.2, -0.15) is 0 Å². The van der Waals surface area contributed by atoms with Gasteiger partial charge in [0.2, 0.25) is 0 Å². The predicted molar refractivity (Wildman–Crippen MR) is 131 cm³/mol. The number of aromatic hydroxyl groups is 2. The summed E-state index contributed by atoms with van der Waals surface area (Å²) in [4.78, 5) is 24.6. The summed E-state index contributed by atoms with van der Waals surface area (Å²) in [6, 6.07) is 11.0. The molecule has 2 heterocycles. The van der Waals surface area contributed by atoms with E-state index < -0.39 is 86.6 Å². The van der Waals surface area contributed by atoms with E-state index in [0.29, 0.717) is 0 Å². The van der Waals surface area contributed by atoms with Crippen LogP contribution in [0.25, 0.3) is 0 Å². The highest BCUT2D eigenvalue weighted by Gasteiger charge is 2.50. The van der Waals surface area contributed by atoms with Crippen LogP contribution in [0.15, 0.2) is 48.5 Å². The molecule has 0 saturated carbocycles. The van der Waals surface area contributed by atoms with Crippen LogP contribution < -0.4 is 0 Å². The first kappa shape index (κ1) is 30.6. The summed E-state index contributed by atoms with van der Waals surface area (Å²) in [5.41, 5.74) is -0.349. The number of hydrogen-bond donors (Lipinski definition) is 8. The van der Waals surface area contributed by atoms with Gasteiger partial charge in [0, 0.05) is 0 Å². The standard InChI is InChI=1S/C26H30O15/c27-13-7-3-1-5-11(13)23(35)37-9-15-17(29)19(31)21(33)25(39-15)41-26-22(34)20(32)18(30)16(40-26)10-38-24(36)12-6-2-4-8-14(12)28/h1-8,15-22,25-34H,9-10H2/t15-,16-,17-,18-,19+,20+,21-,22-,25-,26-/m1/s1. The van der Waals surface area contributed by atoms with Crippen LogP contribution in [0.2, 0.25) is 0 Å². The summed E-state index contributed by atoms with van der Waals surface area (Å²) in [5.74, 6) is -2.66. The fourth-order valence-corrected chi connectivity index (χ4v) is 4.23. The fraction of sp³-hybridized carbons (Fsp3) is 0.462. The number of carbonyl (C=O) groups is 2. The molecule has 10 atom stereocenters. The van der Waals surface area contributed by atoms with Crippen molar-refractivity contribution < 1.29 is 74.1 Å². The third-order valence-electron chi connectivity index (χ3n) is 6.61. The van der Waals surface area contributed by atoms with Gasteiger partial charge in [-0.25, -0.2) is 9.59 Å². The molecule has 2 saturated heterocycles. The van der Waals surface area contributed by atoms with Crippen LogP contribution in [-0.2, 0) is 23.7 Å². The maximum Gasteiger partial charge on any atom is 0.342 e. The number of esters is 2. The lowest BCUT2D eigenvalue weighted by atomic mass is 9.98. The van der Waals surface area contributed by atoms with Gasteiger partial charge in [0.05, 0.1) is 0 Å². The highest BCUT2D eigenvalue weighted by atomic mass is 16.8. The molecular weight excluding hydrogens is 552 g/mol. The Labute approximate surface area is 232 Å². The number of hydrogen-bond acceptors (Lipinski definition) is 15. The summed E-state index contributed by atoms with van der Waals surface area (Å²) in [6.45, 7) is -1.31. The quantitative estimate of drug-likeness (QED) is 0.153. The molecular formula is C26H30O15. The Morgan fingerprint density at radius 3 is 1.32 bits per heavy atom. The van der Waals surface area contributed by atoms with Crippen molar-refractivity contribution in [2.45, 2.75) is 61.4 Å². The smallest absolute Gasteiger partial charge is 0.342 e. The Morgan fingerprint density at radius 2 is 0.951 bits per heavy atom. The maximum atomic E-state index is 12.3. The SMILES string of the molecule is O=C(OC[C@H]1O[C@H](O[C@H]2O[C@H](COC(=O)c3ccccc3O)[C@@H](O)[C@H](O)[C@H]2O)[C@H](O)[C@@H](O)[C@@H]1O)c1ccccc1O. The molecule has 2 fully saturated rings. The number of para-hydroxylation sites is 2. The molecule has 15 nitrogen and oxygen atoms in total. The van der Waals surface area contributed by atoms with Gasteiger partial charge >= 0.3 is 11.9 Å². The van der Waals surface area contributed by atoms with Crippen molar-refractivity contribution in [1.29, 1.82) is 0 Å². The Morgan fingerprint density at radius 1 is 0.585 bits per heavy atom. The van der Waals surface area contributed by atoms with Gasteiger partial charge in [-0.15, -0.1) is 0 Å². The van der Waals surface area contributed by atoms with Crippen molar-refractivity contribution in [3.8, 4) is 11.5 Å². The minimum atomic E-state index is -1.91. The van der Waals surface area contributed by atoms with Gasteiger partial charge in [0.25, 0.3) is 0 Å². The van der Waals surface area contributed by atoms with Crippen LogP contribution in [0.5, 0.6) is 11.5 Å². The highest BCUT2D eigenvalue weighted by molar-refractivity contribution is 5.92. The molecule has 41 heavy (non-hydrogen) atoms. The zero-order chi connectivity index (χ0) is 29.8. The molecule has 0 amide bonds. The van der Waals surface area contributed by atoms with E-state index in [1.807, 2.05) is 0 Å². The molecule has 15 heteroatoms. The number of rotatable bonds is 8. The van der Waals surface area contributed by atoms with Gasteiger partial charge in [0.15, 0.2) is 12.6 Å². The van der Waals surface area contributed by atoms with Gasteiger partial charge in [-0.05, 0) is 24.3 Å². The number of ether oxygens (including phenoxy) is 5. The number of aliphatic hydroxyl groups excluding tert-OH is 6. The number of carbonyl (C=O) groups excluding carboxylic acids is 2. The van der Waals surface area contributed by atoms with Crippen molar-refractivity contribution in [2.24, 2.45) is 0 Å². The number of aliphatic hydroxyl groups is 6. The summed E-state index contributed by atoms with van der Waals surface area (Å²) in [7, 11) is 0. The molecule has 0 aliphatic carbocycles. The Kier molecular flexibility index (Phi) is 9.75. The first-order valence-electron chi connectivity index (χ1n) is 12.4. The van der Waals surface area contributed by atoms with Gasteiger partial charge in [-0.1, -0.05) is 24.3 Å². The van der Waals surface area contributed by atoms with Crippen molar-refractivity contribution in [1.82, 2.24) is 0 Å². The average molecular weight is 583 g/mol. The zero-order valence-corrected chi connectivity index (χ0v) is 21.2. The third-order valence-corrected chi connectivity index (χ3v) is 6.61. The van der Waals surface area contributed by atoms with E-state index in [1.165, 1.54) is 48.5 Å². The molecule has 8 N–H and O–H groups in total. The van der Waals surface area contributed by atoms with E-state index in [-0.39, 0.29) is 22.6 Å². The van der Waals surface area contributed by atoms with E-state index in [2.05, 4.69) is 0 Å². The van der Waals surface area contributed by atoms with Gasteiger partial charge in [-0.3, -0.25) is 0 Å². The minimum absolute atomic E-state index is 0.174. The van der Waals surface area contributed by atoms with Crippen LogP contribution in [0, 0.1) is 0 Å². The second-order valence-corrected chi connectivity index (χ2v) is 9.40. The molecule has 224 valence electrons. The van der Waals surface area contributed by atoms with Gasteiger partial charge < -0.3 is 64.5 Å². The van der Waals surface area contributed by atoms with Crippen LogP contribution in [0.4, 0.5) is 0 Å². The summed E-state index contributed by atoms with van der Waals surface area (Å²) >= 11 is 0. The van der Waals surface area contributed by atoms with E-state index in [9.17, 15) is 50.4 Å². The van der Waals surface area contributed by atoms with Crippen LogP contribution >= 0.6 is 0 Å². The Hall–Kier alpha value is -3.38. The largest absolute Gasteiger partial charge is 0.507 e. The van der Waals surface area contributed by atoms with E-state index in [1.54, 1.807) is 0 Å². The highest BCUT2D eigenvalue weighted by Crippen LogP contribution is 2.29. The zero-order valence-electron chi connectivity index (χ0n) is 21.2. The number of phenolic OH excluding ortho intramolecular Hbond substituents is 2. The first-order chi connectivity index (χ1) is 19.5. The van der Waals surface area contributed by atoms with Gasteiger partial charge in [0.1, 0.15) is 84.7 Å².